The number of rotatable bonds is 4. The topological polar surface area (TPSA) is 82.1 Å². The van der Waals surface area contributed by atoms with Crippen LogP contribution in [0.5, 0.6) is 0 Å². The Balaban J connectivity index is 1.70. The lowest BCUT2D eigenvalue weighted by Crippen LogP contribution is -2.39. The number of guanidine groups is 1. The number of nitrogens with one attached hydrogen (secondary N) is 1. The first-order valence-corrected chi connectivity index (χ1v) is 11.5. The molecule has 9 heteroatoms. The van der Waals surface area contributed by atoms with Gasteiger partial charge in [0, 0.05) is 16.6 Å². The third-order valence-electron chi connectivity index (χ3n) is 5.88. The van der Waals surface area contributed by atoms with E-state index in [2.05, 4.69) is 25.0 Å². The average molecular weight is 482 g/mol. The van der Waals surface area contributed by atoms with Gasteiger partial charge in [-0.15, -0.1) is 10.2 Å². The van der Waals surface area contributed by atoms with Crippen LogP contribution in [0, 0.1) is 32.2 Å². The van der Waals surface area contributed by atoms with Gasteiger partial charge in [-0.3, -0.25) is 5.32 Å². The van der Waals surface area contributed by atoms with Crippen molar-refractivity contribution in [2.45, 2.75) is 46.2 Å². The van der Waals surface area contributed by atoms with Gasteiger partial charge in [-0.05, 0) is 74.6 Å². The van der Waals surface area contributed by atoms with Gasteiger partial charge in [0.05, 0.1) is 18.3 Å². The summed E-state index contributed by atoms with van der Waals surface area (Å²) in [7, 11) is 0. The lowest BCUT2D eigenvalue weighted by molar-refractivity contribution is 0.365. The molecule has 33 heavy (non-hydrogen) atoms. The normalized spacial score (nSPS) is 16.2. The van der Waals surface area contributed by atoms with Crippen molar-refractivity contribution in [2.24, 2.45) is 4.99 Å². The van der Waals surface area contributed by atoms with Crippen molar-refractivity contribution in [1.82, 2.24) is 25.0 Å². The van der Waals surface area contributed by atoms with Crippen LogP contribution in [-0.4, -0.2) is 32.2 Å². The summed E-state index contributed by atoms with van der Waals surface area (Å²) in [5.41, 5.74) is 3.83. The zero-order valence-corrected chi connectivity index (χ0v) is 20.3. The highest BCUT2D eigenvalue weighted by Gasteiger charge is 2.33. The van der Waals surface area contributed by atoms with Crippen molar-refractivity contribution >= 4 is 34.8 Å². The van der Waals surface area contributed by atoms with E-state index >= 15 is 0 Å². The summed E-state index contributed by atoms with van der Waals surface area (Å²) in [5.74, 6) is 2.20. The molecule has 0 amide bonds. The molecule has 1 saturated heterocycles. The standard InChI is InChI=1S/C24H25Cl2N7/c1-15-11-20(26)12-16(2)22(15)29-24(28-14-27)32-10-4-5-21(32)23-31-30-17(3)33(23)13-18-6-8-19(25)9-7-18/h6-9,11-12,21H,4-5,10,13H2,1-3H3,(H,28,29)/t21-/m1/s1. The molecule has 1 fully saturated rings. The molecule has 1 aliphatic heterocycles. The summed E-state index contributed by atoms with van der Waals surface area (Å²) in [5, 5.41) is 22.5. The third kappa shape index (κ3) is 4.97. The molecular formula is C24H25Cl2N7. The van der Waals surface area contributed by atoms with Crippen molar-refractivity contribution in [3.05, 3.63) is 74.8 Å². The summed E-state index contributed by atoms with van der Waals surface area (Å²) >= 11 is 12.2. The molecule has 0 spiro atoms. The van der Waals surface area contributed by atoms with E-state index in [1.54, 1.807) is 0 Å². The second-order valence-electron chi connectivity index (χ2n) is 8.23. The molecule has 0 bridgehead atoms. The molecule has 0 aliphatic carbocycles. The van der Waals surface area contributed by atoms with Crippen LogP contribution < -0.4 is 5.32 Å². The number of nitriles is 1. The zero-order chi connectivity index (χ0) is 23.5. The zero-order valence-electron chi connectivity index (χ0n) is 18.8. The highest BCUT2D eigenvalue weighted by atomic mass is 35.5. The first-order chi connectivity index (χ1) is 15.9. The Morgan fingerprint density at radius 3 is 2.48 bits per heavy atom. The fourth-order valence-corrected chi connectivity index (χ4v) is 4.75. The third-order valence-corrected chi connectivity index (χ3v) is 6.35. The average Bonchev–Trinajstić information content (AvgIpc) is 3.38. The molecule has 0 radical (unpaired) electrons. The largest absolute Gasteiger partial charge is 0.332 e. The van der Waals surface area contributed by atoms with Crippen LogP contribution in [0.1, 0.15) is 47.2 Å². The highest BCUT2D eigenvalue weighted by molar-refractivity contribution is 6.31. The Morgan fingerprint density at radius 2 is 1.82 bits per heavy atom. The number of aliphatic imine (C=N–C) groups is 1. The van der Waals surface area contributed by atoms with E-state index in [1.165, 1.54) is 0 Å². The van der Waals surface area contributed by atoms with Crippen molar-refractivity contribution in [3.8, 4) is 6.19 Å². The Hall–Kier alpha value is -3.08. The molecule has 170 valence electrons. The fraction of sp³-hybridized carbons (Fsp3) is 0.333. The maximum Gasteiger partial charge on any atom is 0.213 e. The molecule has 1 N–H and O–H groups in total. The van der Waals surface area contributed by atoms with Gasteiger partial charge in [-0.25, -0.2) is 4.99 Å². The molecule has 3 aromatic rings. The quantitative estimate of drug-likeness (QED) is 0.231. The minimum Gasteiger partial charge on any atom is -0.332 e. The van der Waals surface area contributed by atoms with Gasteiger partial charge >= 0.3 is 0 Å². The predicted molar refractivity (Wildman–Crippen MR) is 131 cm³/mol. The summed E-state index contributed by atoms with van der Waals surface area (Å²) in [6.07, 6.45) is 3.90. The van der Waals surface area contributed by atoms with Gasteiger partial charge in [0.2, 0.25) is 5.96 Å². The minimum absolute atomic E-state index is 0.0500. The molecule has 0 saturated carbocycles. The monoisotopic (exact) mass is 481 g/mol. The SMILES string of the molecule is Cc1cc(Cl)cc(C)c1N=C(NC#N)N1CCC[C@@H]1c1nnc(C)n1Cc1ccc(Cl)cc1. The van der Waals surface area contributed by atoms with Crippen LogP contribution in [-0.2, 0) is 6.54 Å². The molecule has 0 unspecified atom stereocenters. The van der Waals surface area contributed by atoms with Crippen molar-refractivity contribution in [3.63, 3.8) is 0 Å². The van der Waals surface area contributed by atoms with E-state index in [1.807, 2.05) is 63.4 Å². The Labute approximate surface area is 203 Å². The summed E-state index contributed by atoms with van der Waals surface area (Å²) in [6.45, 7) is 7.29. The van der Waals surface area contributed by atoms with Crippen molar-refractivity contribution < 1.29 is 0 Å². The van der Waals surface area contributed by atoms with Crippen LogP contribution in [0.2, 0.25) is 10.0 Å². The van der Waals surface area contributed by atoms with Gasteiger partial charge in [-0.2, -0.15) is 5.26 Å². The number of aryl methyl sites for hydroxylation is 3. The van der Waals surface area contributed by atoms with Gasteiger partial charge in [-0.1, -0.05) is 35.3 Å². The van der Waals surface area contributed by atoms with Crippen LogP contribution in [0.15, 0.2) is 41.4 Å². The van der Waals surface area contributed by atoms with Gasteiger partial charge < -0.3 is 9.47 Å². The first kappa shape index (κ1) is 23.1. The maximum atomic E-state index is 9.46. The molecule has 1 aromatic heterocycles. The van der Waals surface area contributed by atoms with E-state index in [4.69, 9.17) is 28.2 Å². The Kier molecular flexibility index (Phi) is 6.87. The number of nitrogens with zero attached hydrogens (tertiary/aromatic N) is 6. The second-order valence-corrected chi connectivity index (χ2v) is 9.10. The number of halogens is 2. The van der Waals surface area contributed by atoms with E-state index in [-0.39, 0.29) is 6.04 Å². The van der Waals surface area contributed by atoms with Crippen LogP contribution in [0.25, 0.3) is 0 Å². The van der Waals surface area contributed by atoms with Gasteiger partial charge in [0.15, 0.2) is 12.0 Å². The van der Waals surface area contributed by atoms with Crippen LogP contribution >= 0.6 is 23.2 Å². The van der Waals surface area contributed by atoms with Crippen LogP contribution in [0.3, 0.4) is 0 Å². The lowest BCUT2D eigenvalue weighted by Gasteiger charge is -2.27. The molecule has 2 heterocycles. The van der Waals surface area contributed by atoms with Crippen molar-refractivity contribution in [1.29, 1.82) is 5.26 Å². The number of likely N-dealkylation sites (tertiary alicyclic amines) is 1. The molecule has 4 rings (SSSR count). The van der Waals surface area contributed by atoms with E-state index in [0.717, 1.165) is 53.4 Å². The highest BCUT2D eigenvalue weighted by Crippen LogP contribution is 2.34. The predicted octanol–water partition coefficient (Wildman–Crippen LogP) is 5.45. The van der Waals surface area contributed by atoms with Crippen molar-refractivity contribution in [2.75, 3.05) is 6.54 Å². The number of hydrogen-bond donors (Lipinski definition) is 1. The Morgan fingerprint density at radius 1 is 1.12 bits per heavy atom. The number of benzene rings is 2. The number of aromatic nitrogens is 3. The van der Waals surface area contributed by atoms with E-state index in [0.29, 0.717) is 22.5 Å². The summed E-state index contributed by atoms with van der Waals surface area (Å²) < 4.78 is 2.12. The summed E-state index contributed by atoms with van der Waals surface area (Å²) in [4.78, 5) is 6.96. The van der Waals surface area contributed by atoms with Gasteiger partial charge in [0.25, 0.3) is 0 Å². The summed E-state index contributed by atoms with van der Waals surface area (Å²) in [6, 6.07) is 11.5. The van der Waals surface area contributed by atoms with Gasteiger partial charge in [0.1, 0.15) is 5.82 Å². The molecular weight excluding hydrogens is 457 g/mol. The fourth-order valence-electron chi connectivity index (χ4n) is 4.30. The number of hydrogen-bond acceptors (Lipinski definition) is 4. The molecule has 7 nitrogen and oxygen atoms in total. The first-order valence-electron chi connectivity index (χ1n) is 10.8. The molecule has 1 aliphatic rings. The smallest absolute Gasteiger partial charge is 0.213 e. The molecule has 2 aromatic carbocycles. The maximum absolute atomic E-state index is 9.46. The van der Waals surface area contributed by atoms with E-state index in [9.17, 15) is 5.26 Å². The lowest BCUT2D eigenvalue weighted by atomic mass is 10.1. The molecule has 1 atom stereocenters. The Bertz CT molecular complexity index is 1200. The minimum atomic E-state index is -0.0500. The van der Waals surface area contributed by atoms with Crippen LogP contribution in [0.4, 0.5) is 5.69 Å². The second kappa shape index (κ2) is 9.82. The van der Waals surface area contributed by atoms with E-state index < -0.39 is 0 Å².